The quantitative estimate of drug-likeness (QED) is 0.803. The minimum atomic E-state index is 0.794. The number of hydrazine groups is 1. The van der Waals surface area contributed by atoms with Crippen LogP contribution < -0.4 is 14.5 Å². The van der Waals surface area contributed by atoms with E-state index in [2.05, 4.69) is 29.9 Å². The van der Waals surface area contributed by atoms with Crippen LogP contribution >= 0.6 is 47.0 Å². The predicted octanol–water partition coefficient (Wildman–Crippen LogP) is 1.63. The first-order valence-electron chi connectivity index (χ1n) is 5.32. The Bertz CT molecular complexity index is 650. The van der Waals surface area contributed by atoms with Crippen molar-refractivity contribution in [2.24, 2.45) is 0 Å². The van der Waals surface area contributed by atoms with Gasteiger partial charge in [-0.2, -0.15) is 0 Å². The van der Waals surface area contributed by atoms with Crippen molar-refractivity contribution in [3.05, 3.63) is 34.1 Å². The van der Waals surface area contributed by atoms with Crippen molar-refractivity contribution in [3.63, 3.8) is 0 Å². The molecule has 102 valence electrons. The second-order valence-electron chi connectivity index (χ2n) is 3.54. The largest absolute Gasteiger partial charge is 0.315 e. The third-order valence-corrected chi connectivity index (χ3v) is 5.49. The van der Waals surface area contributed by atoms with E-state index in [-0.39, 0.29) is 0 Å². The normalized spacial score (nSPS) is 17.8. The second-order valence-corrected chi connectivity index (χ2v) is 6.75. The molecule has 0 atom stereocenters. The zero-order valence-corrected chi connectivity index (χ0v) is 12.9. The van der Waals surface area contributed by atoms with Gasteiger partial charge in [-0.3, -0.25) is 5.43 Å². The highest BCUT2D eigenvalue weighted by Gasteiger charge is 2.30. The third kappa shape index (κ3) is 2.09. The van der Waals surface area contributed by atoms with Gasteiger partial charge in [0.1, 0.15) is 5.51 Å². The fourth-order valence-electron chi connectivity index (χ4n) is 1.55. The number of nitrogens with one attached hydrogen (secondary N) is 2. The minimum absolute atomic E-state index is 0.794. The Morgan fingerprint density at radius 3 is 3.00 bits per heavy atom. The zero-order chi connectivity index (χ0) is 13.4. The number of rotatable bonds is 3. The summed E-state index contributed by atoms with van der Waals surface area (Å²) in [7, 11) is 0. The lowest BCUT2D eigenvalue weighted by molar-refractivity contribution is 0.508. The summed E-state index contributed by atoms with van der Waals surface area (Å²) in [4.78, 5) is 1.03. The van der Waals surface area contributed by atoms with E-state index in [0.29, 0.717) is 0 Å². The molecule has 0 amide bonds. The lowest BCUT2D eigenvalue weighted by Gasteiger charge is -2.23. The molecular weight excluding hydrogens is 336 g/mol. The van der Waals surface area contributed by atoms with E-state index in [1.165, 1.54) is 35.0 Å². The van der Waals surface area contributed by atoms with Gasteiger partial charge >= 0.3 is 0 Å². The van der Waals surface area contributed by atoms with Crippen LogP contribution in [0.2, 0.25) is 0 Å². The summed E-state index contributed by atoms with van der Waals surface area (Å²) in [5, 5.41) is 14.8. The summed E-state index contributed by atoms with van der Waals surface area (Å²) in [5.41, 5.74) is 4.92. The fraction of sp³-hybridized carbons (Fsp3) is 0. The molecule has 0 bridgehead atoms. The van der Waals surface area contributed by atoms with Crippen molar-refractivity contribution in [1.29, 1.82) is 0 Å². The average molecular weight is 342 g/mol. The monoisotopic (exact) mass is 342 g/mol. The van der Waals surface area contributed by atoms with Crippen LogP contribution in [-0.4, -0.2) is 24.2 Å². The van der Waals surface area contributed by atoms with E-state index in [9.17, 15) is 0 Å². The van der Waals surface area contributed by atoms with E-state index in [1.54, 1.807) is 17.5 Å². The molecule has 4 heterocycles. The molecule has 12 heteroatoms. The van der Waals surface area contributed by atoms with Gasteiger partial charge in [0.15, 0.2) is 16.6 Å². The maximum Gasteiger partial charge on any atom is 0.181 e. The lowest BCUT2D eigenvalue weighted by Crippen LogP contribution is -2.30. The maximum absolute atomic E-state index is 4.08. The molecule has 2 N–H and O–H groups in total. The van der Waals surface area contributed by atoms with E-state index in [4.69, 9.17) is 0 Å². The van der Waals surface area contributed by atoms with Crippen molar-refractivity contribution < 1.29 is 0 Å². The topological polar surface area (TPSA) is 82.1 Å². The van der Waals surface area contributed by atoms with Crippen LogP contribution in [0.15, 0.2) is 29.1 Å². The Morgan fingerprint density at radius 2 is 2.20 bits per heavy atom. The molecule has 4 rings (SSSR count). The summed E-state index contributed by atoms with van der Waals surface area (Å²) >= 11 is 5.83. The van der Waals surface area contributed by atoms with Crippen LogP contribution in [0, 0.1) is 0 Å². The summed E-state index contributed by atoms with van der Waals surface area (Å²) in [5.74, 6) is 1.73. The van der Waals surface area contributed by atoms with Gasteiger partial charge in [-0.25, -0.2) is 8.72 Å². The molecule has 0 aromatic carbocycles. The van der Waals surface area contributed by atoms with Gasteiger partial charge in [-0.05, 0) is 11.5 Å². The number of hydrogen-bond acceptors (Lipinski definition) is 12. The third-order valence-electron chi connectivity index (χ3n) is 2.38. The van der Waals surface area contributed by atoms with Gasteiger partial charge in [-0.15, -0.1) is 15.3 Å². The van der Waals surface area contributed by atoms with Gasteiger partial charge in [-0.1, -0.05) is 15.8 Å². The van der Waals surface area contributed by atoms with Crippen molar-refractivity contribution in [1.82, 2.24) is 34.3 Å². The average Bonchev–Trinajstić information content (AvgIpc) is 3.23. The van der Waals surface area contributed by atoms with Gasteiger partial charge in [0.05, 0.1) is 28.6 Å². The summed E-state index contributed by atoms with van der Waals surface area (Å²) in [6.45, 7) is 0. The van der Waals surface area contributed by atoms with E-state index >= 15 is 0 Å². The first kappa shape index (κ1) is 12.3. The molecule has 0 saturated carbocycles. The van der Waals surface area contributed by atoms with Crippen molar-refractivity contribution >= 4 is 57.7 Å². The molecule has 2 aromatic heterocycles. The maximum atomic E-state index is 4.08. The smallest absolute Gasteiger partial charge is 0.181 e. The van der Waals surface area contributed by atoms with E-state index in [1.807, 2.05) is 26.5 Å². The van der Waals surface area contributed by atoms with Crippen molar-refractivity contribution in [2.75, 3.05) is 4.31 Å². The standard InChI is InChI=1S/C8H6N8S4/c1-5(8-13-9-4-17-8)19-16(10-1)7-2-11-20-15(7)6-3-18-14-12-6/h1-4,10-11H. The molecule has 8 nitrogen and oxygen atoms in total. The van der Waals surface area contributed by atoms with Crippen LogP contribution in [0.3, 0.4) is 0 Å². The van der Waals surface area contributed by atoms with E-state index < -0.39 is 0 Å². The fourth-order valence-corrected chi connectivity index (χ4v) is 4.24. The SMILES string of the molecule is C1=C(c2nncs2)SN(C2=CNSN2c2csnn2)N1. The van der Waals surface area contributed by atoms with Gasteiger partial charge in [0, 0.05) is 18.1 Å². The molecular formula is C8H6N8S4. The van der Waals surface area contributed by atoms with Crippen LogP contribution in [0.1, 0.15) is 5.01 Å². The van der Waals surface area contributed by atoms with Crippen LogP contribution in [0.5, 0.6) is 0 Å². The highest BCUT2D eigenvalue weighted by molar-refractivity contribution is 8.06. The van der Waals surface area contributed by atoms with Crippen LogP contribution in [0.25, 0.3) is 4.91 Å². The zero-order valence-electron chi connectivity index (χ0n) is 9.63. The Kier molecular flexibility index (Phi) is 3.14. The molecule has 0 spiro atoms. The molecule has 0 aliphatic carbocycles. The van der Waals surface area contributed by atoms with Gasteiger partial charge < -0.3 is 4.72 Å². The summed E-state index contributed by atoms with van der Waals surface area (Å²) in [6, 6.07) is 0. The van der Waals surface area contributed by atoms with Gasteiger partial charge in [0.2, 0.25) is 0 Å². The first-order chi connectivity index (χ1) is 9.92. The van der Waals surface area contributed by atoms with E-state index in [0.717, 1.165) is 21.6 Å². The summed E-state index contributed by atoms with van der Waals surface area (Å²) in [6.07, 6.45) is 3.81. The Balaban J connectivity index is 1.52. The van der Waals surface area contributed by atoms with Crippen molar-refractivity contribution in [3.8, 4) is 0 Å². The first-order valence-corrected chi connectivity index (χ1v) is 8.59. The summed E-state index contributed by atoms with van der Waals surface area (Å²) < 4.78 is 10.9. The predicted molar refractivity (Wildman–Crippen MR) is 81.6 cm³/mol. The molecule has 2 aliphatic heterocycles. The number of aromatic nitrogens is 4. The number of anilines is 1. The second kappa shape index (κ2) is 5.12. The molecule has 2 aromatic rings. The number of nitrogens with zero attached hydrogens (tertiary/aromatic N) is 6. The highest BCUT2D eigenvalue weighted by Crippen LogP contribution is 2.40. The highest BCUT2D eigenvalue weighted by atomic mass is 32.2. The minimum Gasteiger partial charge on any atom is -0.315 e. The molecule has 0 unspecified atom stereocenters. The molecule has 0 radical (unpaired) electrons. The van der Waals surface area contributed by atoms with Gasteiger partial charge in [0.25, 0.3) is 0 Å². The molecule has 0 fully saturated rings. The Morgan fingerprint density at radius 1 is 1.20 bits per heavy atom. The lowest BCUT2D eigenvalue weighted by atomic mass is 10.6. The molecule has 0 saturated heterocycles. The Labute approximate surface area is 130 Å². The Hall–Kier alpha value is -1.50. The number of hydrogen-bond donors (Lipinski definition) is 2. The van der Waals surface area contributed by atoms with Crippen LogP contribution in [-0.2, 0) is 0 Å². The van der Waals surface area contributed by atoms with Crippen LogP contribution in [0.4, 0.5) is 5.82 Å². The molecule has 2 aliphatic rings. The molecule has 20 heavy (non-hydrogen) atoms. The van der Waals surface area contributed by atoms with Crippen molar-refractivity contribution in [2.45, 2.75) is 0 Å².